The van der Waals surface area contributed by atoms with Gasteiger partial charge in [-0.15, -0.1) is 32.6 Å². The number of nitrogen functional groups attached to an aromatic ring is 2. The zero-order chi connectivity index (χ0) is 48.6. The van der Waals surface area contributed by atoms with Crippen LogP contribution in [-0.4, -0.2) is 80.0 Å². The number of nitrogens with two attached hydrogens (primary N) is 2. The van der Waals surface area contributed by atoms with Gasteiger partial charge >= 0.3 is 94.3 Å². The minimum Gasteiger partial charge on any atom is -0.844 e. The molecule has 0 fully saturated rings. The Labute approximate surface area is 479 Å². The Bertz CT molecular complexity index is 3650. The maximum Gasteiger partial charge on any atom is 1.00 e. The Balaban J connectivity index is 0.00000237. The fourth-order valence-corrected chi connectivity index (χ4v) is 7.41. The topological polar surface area (TPSA) is 377 Å². The summed E-state index contributed by atoms with van der Waals surface area (Å²) in [6, 6.07) is 29.5. The van der Waals surface area contributed by atoms with Crippen molar-refractivity contribution in [1.82, 2.24) is 54.1 Å². The molecule has 74 heavy (non-hydrogen) atoms. The van der Waals surface area contributed by atoms with Gasteiger partial charge in [-0.2, -0.15) is 76.4 Å². The normalized spacial score (nSPS) is 11.1. The Morgan fingerprint density at radius 1 is 0.622 bits per heavy atom. The summed E-state index contributed by atoms with van der Waals surface area (Å²) in [4.78, 5) is 14.5. The monoisotopic (exact) mass is 991 g/mol. The van der Waals surface area contributed by atoms with Crippen molar-refractivity contribution < 1.29 is 125 Å². The van der Waals surface area contributed by atoms with E-state index in [4.69, 9.17) is 18.0 Å². The van der Waals surface area contributed by atoms with Gasteiger partial charge in [0.25, 0.3) is 17.6 Å². The van der Waals surface area contributed by atoms with Crippen LogP contribution in [-0.2, 0) is 20.2 Å². The third kappa shape index (κ3) is 12.0. The summed E-state index contributed by atoms with van der Waals surface area (Å²) in [6.07, 6.45) is 2.29. The number of hydrogen-bond acceptors (Lipinski definition) is 21. The minimum atomic E-state index is -4.90. The SMILES string of the molecule is [C-]#[N+]c1cnn(-c2c[c-]cc(S(=O)(=O)[O-])c2)c1N=Nc1c(-c2ccccc2)nn(-c2nc([O-])nc(-n3nc(-c4ccccc4)c(N=Nc4c(C#N)cnn4-c4c[c-]cc(S(=O)(=O)[O-])c4)c3N)n2)c1N.[Li+].[Li+].[Li+].[Li+].[Li+]. The molecule has 0 radical (unpaired) electrons. The number of anilines is 2. The van der Waals surface area contributed by atoms with Crippen molar-refractivity contribution in [3.05, 3.63) is 139 Å². The van der Waals surface area contributed by atoms with Crippen LogP contribution in [0.15, 0.2) is 140 Å². The molecule has 26 nitrogen and oxygen atoms in total. The molecule has 9 aromatic rings. The smallest absolute Gasteiger partial charge is 0.844 e. The number of hydrogen-bond donors (Lipinski definition) is 2. The van der Waals surface area contributed by atoms with E-state index in [9.17, 15) is 36.3 Å². The summed E-state index contributed by atoms with van der Waals surface area (Å²) in [5, 5.41) is 57.8. The second-order valence-corrected chi connectivity index (χ2v) is 16.6. The van der Waals surface area contributed by atoms with Gasteiger partial charge in [0.05, 0.1) is 45.2 Å². The molecule has 0 atom stereocenters. The maximum absolute atomic E-state index is 13.3. The summed E-state index contributed by atoms with van der Waals surface area (Å²) in [5.41, 5.74) is 14.0. The van der Waals surface area contributed by atoms with Gasteiger partial charge in [-0.1, -0.05) is 70.5 Å². The van der Waals surface area contributed by atoms with Crippen LogP contribution in [0, 0.1) is 30.0 Å². The second-order valence-electron chi connectivity index (χ2n) is 13.9. The van der Waals surface area contributed by atoms with Gasteiger partial charge in [0.15, 0.2) is 34.6 Å². The molecule has 0 aliphatic rings. The Hall–Kier alpha value is -6.88. The molecular weight excluding hydrogens is 969 g/mol. The molecule has 0 bridgehead atoms. The van der Waals surface area contributed by atoms with E-state index < -0.39 is 47.9 Å². The third-order valence-electron chi connectivity index (χ3n) is 9.61. The summed E-state index contributed by atoms with van der Waals surface area (Å²) >= 11 is 0. The molecule has 0 aliphatic carbocycles. The van der Waals surface area contributed by atoms with Crippen molar-refractivity contribution in [2.45, 2.75) is 9.79 Å². The first-order valence-corrected chi connectivity index (χ1v) is 22.0. The van der Waals surface area contributed by atoms with E-state index in [1.165, 1.54) is 12.1 Å². The summed E-state index contributed by atoms with van der Waals surface area (Å²) in [5.74, 6) is -1.83. The molecule has 0 spiro atoms. The largest absolute Gasteiger partial charge is 1.00 e. The van der Waals surface area contributed by atoms with Gasteiger partial charge in [0, 0.05) is 11.1 Å². The van der Waals surface area contributed by atoms with E-state index in [-0.39, 0.29) is 163 Å². The zero-order valence-electron chi connectivity index (χ0n) is 39.3. The van der Waals surface area contributed by atoms with Crippen LogP contribution in [0.25, 0.3) is 50.6 Å². The van der Waals surface area contributed by atoms with Crippen molar-refractivity contribution >= 4 is 60.6 Å². The Morgan fingerprint density at radius 2 is 1.05 bits per heavy atom. The maximum atomic E-state index is 13.3. The predicted octanol–water partition coefficient (Wildman–Crippen LogP) is -10.1. The molecule has 4 aromatic carbocycles. The second kappa shape index (κ2) is 24.4. The fourth-order valence-electron chi connectivity index (χ4n) is 6.46. The first kappa shape index (κ1) is 59.7. The predicted molar refractivity (Wildman–Crippen MR) is 233 cm³/mol. The average molecular weight is 992 g/mol. The number of nitrogens with zero attached hydrogens (tertiary/aromatic N) is 17. The number of benzene rings is 4. The van der Waals surface area contributed by atoms with Crippen LogP contribution in [0.5, 0.6) is 6.01 Å². The van der Waals surface area contributed by atoms with Gasteiger partial charge in [0.2, 0.25) is 0 Å². The molecular formula is C41H22Li5N19O7S2. The van der Waals surface area contributed by atoms with Crippen LogP contribution in [0.2, 0.25) is 0 Å². The average Bonchev–Trinajstić information content (AvgIpc) is 4.12. The summed E-state index contributed by atoms with van der Waals surface area (Å²) in [6.45, 7) is 7.70. The van der Waals surface area contributed by atoms with Crippen LogP contribution in [0.1, 0.15) is 5.56 Å². The quantitative estimate of drug-likeness (QED) is 0.0497. The molecule has 33 heteroatoms. The standard InChI is InChI=1S/C41H25N19O7S2.5Li/c1-45-30-22-47-58(27-15-9-17-29(19-27)69(65,66)67)38(30)54-52-34-32(24-12-6-3-7-13-24)56-60(36(34)44)40-48-39(49-41(61)50-40)59-35(43)33(31(55-59)23-10-4-2-5-11-23)51-53-37-25(20-42)21-46-57(37)26-14-8-16-28(18-26)68(62,63)64;;;;;/h2-7,10-19,21-22H,43-44H2,(H,62,63,64)(H,65,66,67)(H,48,49,50,61);;;;;/q-2;5*+1/p-3. The molecule has 0 aliphatic heterocycles. The Morgan fingerprint density at radius 3 is 1.49 bits per heavy atom. The van der Waals surface area contributed by atoms with Crippen LogP contribution in [0.3, 0.4) is 0 Å². The molecule has 5 heterocycles. The molecule has 9 rings (SSSR count). The molecule has 340 valence electrons. The molecule has 0 amide bonds. The van der Waals surface area contributed by atoms with E-state index in [1.807, 2.05) is 6.07 Å². The van der Waals surface area contributed by atoms with Crippen molar-refractivity contribution in [3.8, 4) is 57.9 Å². The Kier molecular flexibility index (Phi) is 19.7. The van der Waals surface area contributed by atoms with Gasteiger partial charge in [-0.05, 0) is 11.4 Å². The third-order valence-corrected chi connectivity index (χ3v) is 11.2. The van der Waals surface area contributed by atoms with Gasteiger partial charge in [-0.25, -0.2) is 14.8 Å². The molecule has 0 saturated carbocycles. The first-order chi connectivity index (χ1) is 33.1. The number of rotatable bonds is 12. The minimum absolute atomic E-state index is 0. The van der Waals surface area contributed by atoms with Crippen LogP contribution >= 0.6 is 0 Å². The molecule has 0 saturated heterocycles. The van der Waals surface area contributed by atoms with Crippen molar-refractivity contribution in [2.75, 3.05) is 11.5 Å². The molecule has 4 N–H and O–H groups in total. The van der Waals surface area contributed by atoms with E-state index in [2.05, 4.69) is 72.8 Å². The number of azo groups is 2. The first-order valence-electron chi connectivity index (χ1n) is 19.2. The molecule has 0 unspecified atom stereocenters. The van der Waals surface area contributed by atoms with Crippen molar-refractivity contribution in [2.24, 2.45) is 20.5 Å². The van der Waals surface area contributed by atoms with Crippen molar-refractivity contribution in [1.29, 1.82) is 5.26 Å². The van der Waals surface area contributed by atoms with Crippen LogP contribution < -0.4 is 111 Å². The van der Waals surface area contributed by atoms with E-state index in [0.717, 1.165) is 55.4 Å². The van der Waals surface area contributed by atoms with Gasteiger partial charge < -0.3 is 25.7 Å². The summed E-state index contributed by atoms with van der Waals surface area (Å²) < 4.78 is 74.7. The van der Waals surface area contributed by atoms with E-state index in [1.54, 1.807) is 60.7 Å². The fraction of sp³-hybridized carbons (Fsp3) is 0. The number of nitriles is 1. The van der Waals surface area contributed by atoms with Crippen molar-refractivity contribution in [3.63, 3.8) is 0 Å². The van der Waals surface area contributed by atoms with Gasteiger partial charge in [-0.3, -0.25) is 26.2 Å². The zero-order valence-corrected chi connectivity index (χ0v) is 41.0. The van der Waals surface area contributed by atoms with E-state index >= 15 is 0 Å². The summed E-state index contributed by atoms with van der Waals surface area (Å²) in [7, 11) is -9.79. The number of aromatic nitrogens is 11. The van der Waals surface area contributed by atoms with Gasteiger partial charge in [0.1, 0.15) is 23.0 Å². The van der Waals surface area contributed by atoms with E-state index in [0.29, 0.717) is 11.1 Å². The van der Waals surface area contributed by atoms with Crippen LogP contribution in [0.4, 0.5) is 40.3 Å². The molecule has 5 aromatic heterocycles.